The average Bonchev–Trinajstić information content (AvgIpc) is 2.55. The van der Waals surface area contributed by atoms with E-state index in [4.69, 9.17) is 0 Å². The van der Waals surface area contributed by atoms with Crippen LogP contribution in [0.4, 0.5) is 0 Å². The molecule has 1 N–H and O–H groups in total. The lowest BCUT2D eigenvalue weighted by atomic mass is 9.98. The van der Waals surface area contributed by atoms with Gasteiger partial charge in [0.1, 0.15) is 0 Å². The number of amides is 1. The summed E-state index contributed by atoms with van der Waals surface area (Å²) < 4.78 is 25.4. The van der Waals surface area contributed by atoms with E-state index in [0.717, 1.165) is 18.4 Å². The van der Waals surface area contributed by atoms with E-state index in [1.165, 1.54) is 4.31 Å². The maximum Gasteiger partial charge on any atom is 0.224 e. The number of rotatable bonds is 5. The number of carbonyl (C=O) groups is 1. The molecule has 1 aromatic carbocycles. The predicted octanol–water partition coefficient (Wildman–Crippen LogP) is 1.93. The van der Waals surface area contributed by atoms with Gasteiger partial charge in [0.2, 0.25) is 15.9 Å². The highest BCUT2D eigenvalue weighted by Gasteiger charge is 2.31. The van der Waals surface area contributed by atoms with Gasteiger partial charge in [-0.05, 0) is 32.3 Å². The monoisotopic (exact) mass is 324 g/mol. The molecule has 6 heteroatoms. The molecule has 1 saturated heterocycles. The second-order valence-corrected chi connectivity index (χ2v) is 8.00. The van der Waals surface area contributed by atoms with E-state index in [9.17, 15) is 13.2 Å². The molecule has 0 spiro atoms. The highest BCUT2D eigenvalue weighted by molar-refractivity contribution is 7.89. The van der Waals surface area contributed by atoms with Crippen molar-refractivity contribution in [2.45, 2.75) is 32.7 Å². The van der Waals surface area contributed by atoms with Gasteiger partial charge in [0.05, 0.1) is 17.7 Å². The summed E-state index contributed by atoms with van der Waals surface area (Å²) in [5, 5.41) is 3.00. The summed E-state index contributed by atoms with van der Waals surface area (Å²) in [5.41, 5.74) is 1.05. The first kappa shape index (κ1) is 17.0. The van der Waals surface area contributed by atoms with Crippen molar-refractivity contribution < 1.29 is 13.2 Å². The maximum absolute atomic E-state index is 12.4. The Balaban J connectivity index is 1.98. The molecule has 2 atom stereocenters. The fourth-order valence-electron chi connectivity index (χ4n) is 2.75. The highest BCUT2D eigenvalue weighted by Crippen LogP contribution is 2.21. The van der Waals surface area contributed by atoms with Crippen LogP contribution < -0.4 is 5.32 Å². The smallest absolute Gasteiger partial charge is 0.224 e. The topological polar surface area (TPSA) is 66.5 Å². The molecule has 1 aromatic rings. The SMILES string of the molecule is CCS(=O)(=O)N1CCC[C@H](C(=O)N[C@@H](C)c2ccccc2)C1. The number of carbonyl (C=O) groups excluding carboxylic acids is 1. The molecular formula is C16H24N2O3S. The Kier molecular flexibility index (Phi) is 5.58. The standard InChI is InChI=1S/C16H24N2O3S/c1-3-22(20,21)18-11-7-10-15(12-18)16(19)17-13(2)14-8-5-4-6-9-14/h4-6,8-9,13,15H,3,7,10-12H2,1-2H3,(H,17,19)/t13-,15-/m0/s1. The lowest BCUT2D eigenvalue weighted by molar-refractivity contribution is -0.126. The van der Waals surface area contributed by atoms with Crippen LogP contribution in [0.5, 0.6) is 0 Å². The van der Waals surface area contributed by atoms with Crippen molar-refractivity contribution in [3.8, 4) is 0 Å². The number of hydrogen-bond donors (Lipinski definition) is 1. The number of hydrogen-bond acceptors (Lipinski definition) is 3. The van der Waals surface area contributed by atoms with E-state index in [0.29, 0.717) is 13.1 Å². The quantitative estimate of drug-likeness (QED) is 0.900. The number of benzene rings is 1. The largest absolute Gasteiger partial charge is 0.349 e. The second-order valence-electron chi connectivity index (χ2n) is 5.74. The minimum atomic E-state index is -3.21. The van der Waals surface area contributed by atoms with Gasteiger partial charge in [-0.25, -0.2) is 12.7 Å². The fraction of sp³-hybridized carbons (Fsp3) is 0.562. The maximum atomic E-state index is 12.4. The van der Waals surface area contributed by atoms with Crippen molar-refractivity contribution in [1.29, 1.82) is 0 Å². The second kappa shape index (κ2) is 7.24. The minimum absolute atomic E-state index is 0.0626. The van der Waals surface area contributed by atoms with Crippen LogP contribution in [0.1, 0.15) is 38.3 Å². The molecule has 1 aliphatic rings. The van der Waals surface area contributed by atoms with Gasteiger partial charge in [-0.2, -0.15) is 0 Å². The summed E-state index contributed by atoms with van der Waals surface area (Å²) in [6.45, 7) is 4.39. The third-order valence-corrected chi connectivity index (χ3v) is 6.02. The summed E-state index contributed by atoms with van der Waals surface area (Å²) in [7, 11) is -3.21. The Morgan fingerprint density at radius 3 is 2.68 bits per heavy atom. The van der Waals surface area contributed by atoms with E-state index in [2.05, 4.69) is 5.32 Å². The molecule has 0 saturated carbocycles. The molecule has 0 aliphatic carbocycles. The van der Waals surface area contributed by atoms with Crippen LogP contribution in [-0.2, 0) is 14.8 Å². The molecule has 2 rings (SSSR count). The Labute approximate surface area is 132 Å². The van der Waals surface area contributed by atoms with Gasteiger partial charge in [-0.3, -0.25) is 4.79 Å². The first-order chi connectivity index (χ1) is 10.4. The van der Waals surface area contributed by atoms with Gasteiger partial charge in [0, 0.05) is 13.1 Å². The molecule has 122 valence electrons. The molecule has 22 heavy (non-hydrogen) atoms. The van der Waals surface area contributed by atoms with Crippen LogP contribution in [0, 0.1) is 5.92 Å². The Morgan fingerprint density at radius 1 is 1.36 bits per heavy atom. The van der Waals surface area contributed by atoms with Gasteiger partial charge in [0.25, 0.3) is 0 Å². The molecule has 1 aliphatic heterocycles. The molecular weight excluding hydrogens is 300 g/mol. The number of nitrogens with one attached hydrogen (secondary N) is 1. The third-order valence-electron chi connectivity index (χ3n) is 4.17. The molecule has 0 aromatic heterocycles. The van der Waals surface area contributed by atoms with Crippen LogP contribution >= 0.6 is 0 Å². The summed E-state index contributed by atoms with van der Waals surface area (Å²) >= 11 is 0. The predicted molar refractivity (Wildman–Crippen MR) is 86.8 cm³/mol. The van der Waals surface area contributed by atoms with Gasteiger partial charge in [-0.15, -0.1) is 0 Å². The number of sulfonamides is 1. The third kappa shape index (κ3) is 4.08. The van der Waals surface area contributed by atoms with Crippen LogP contribution in [0.3, 0.4) is 0 Å². The normalized spacial score (nSPS) is 21.3. The number of piperidine rings is 1. The Morgan fingerprint density at radius 2 is 2.05 bits per heavy atom. The van der Waals surface area contributed by atoms with Crippen molar-refractivity contribution in [3.63, 3.8) is 0 Å². The van der Waals surface area contributed by atoms with Crippen LogP contribution in [0.15, 0.2) is 30.3 Å². The van der Waals surface area contributed by atoms with Gasteiger partial charge in [-0.1, -0.05) is 30.3 Å². The zero-order chi connectivity index (χ0) is 16.2. The first-order valence-electron chi connectivity index (χ1n) is 7.77. The van der Waals surface area contributed by atoms with E-state index >= 15 is 0 Å². The lowest BCUT2D eigenvalue weighted by Crippen LogP contribution is -2.46. The van der Waals surface area contributed by atoms with Crippen molar-refractivity contribution in [3.05, 3.63) is 35.9 Å². The number of nitrogens with zero attached hydrogens (tertiary/aromatic N) is 1. The van der Waals surface area contributed by atoms with E-state index < -0.39 is 10.0 Å². The van der Waals surface area contributed by atoms with Crippen molar-refractivity contribution in [2.75, 3.05) is 18.8 Å². The summed E-state index contributed by atoms with van der Waals surface area (Å²) in [6.07, 6.45) is 1.47. The molecule has 0 radical (unpaired) electrons. The van der Waals surface area contributed by atoms with E-state index in [-0.39, 0.29) is 23.6 Å². The van der Waals surface area contributed by atoms with Crippen molar-refractivity contribution in [1.82, 2.24) is 9.62 Å². The van der Waals surface area contributed by atoms with Crippen LogP contribution in [-0.4, -0.2) is 37.5 Å². The molecule has 5 nitrogen and oxygen atoms in total. The molecule has 1 amide bonds. The molecule has 1 heterocycles. The van der Waals surface area contributed by atoms with Crippen molar-refractivity contribution >= 4 is 15.9 Å². The van der Waals surface area contributed by atoms with Gasteiger partial charge < -0.3 is 5.32 Å². The van der Waals surface area contributed by atoms with Crippen LogP contribution in [0.2, 0.25) is 0 Å². The highest BCUT2D eigenvalue weighted by atomic mass is 32.2. The van der Waals surface area contributed by atoms with Crippen LogP contribution in [0.25, 0.3) is 0 Å². The average molecular weight is 324 g/mol. The summed E-state index contributed by atoms with van der Waals surface area (Å²) in [5.74, 6) is -0.240. The molecule has 0 bridgehead atoms. The minimum Gasteiger partial charge on any atom is -0.349 e. The molecule has 1 fully saturated rings. The fourth-order valence-corrected chi connectivity index (χ4v) is 3.93. The van der Waals surface area contributed by atoms with Gasteiger partial charge >= 0.3 is 0 Å². The summed E-state index contributed by atoms with van der Waals surface area (Å²) in [6, 6.07) is 9.68. The summed E-state index contributed by atoms with van der Waals surface area (Å²) in [4.78, 5) is 12.4. The molecule has 0 unspecified atom stereocenters. The zero-order valence-electron chi connectivity index (χ0n) is 13.2. The Hall–Kier alpha value is -1.40. The first-order valence-corrected chi connectivity index (χ1v) is 9.38. The van der Waals surface area contributed by atoms with E-state index in [1.807, 2.05) is 37.3 Å². The van der Waals surface area contributed by atoms with Crippen molar-refractivity contribution in [2.24, 2.45) is 5.92 Å². The Bertz CT molecular complexity index is 601. The van der Waals surface area contributed by atoms with E-state index in [1.54, 1.807) is 6.92 Å². The van der Waals surface area contributed by atoms with Gasteiger partial charge in [0.15, 0.2) is 0 Å². The lowest BCUT2D eigenvalue weighted by Gasteiger charge is -2.31. The zero-order valence-corrected chi connectivity index (χ0v) is 14.0.